The molecule has 0 spiro atoms. The van der Waals surface area contributed by atoms with Crippen molar-refractivity contribution < 1.29 is 4.74 Å². The van der Waals surface area contributed by atoms with Crippen molar-refractivity contribution in [1.82, 2.24) is 9.55 Å². The normalized spacial score (nSPS) is 10.2. The molecule has 1 heterocycles. The van der Waals surface area contributed by atoms with E-state index >= 15 is 0 Å². The van der Waals surface area contributed by atoms with E-state index in [2.05, 4.69) is 14.9 Å². The third-order valence-electron chi connectivity index (χ3n) is 2.70. The lowest BCUT2D eigenvalue weighted by molar-refractivity contribution is 0.416. The van der Waals surface area contributed by atoms with Crippen LogP contribution in [0.15, 0.2) is 36.7 Å². The second-order valence-corrected chi connectivity index (χ2v) is 3.79. The maximum atomic E-state index is 5.28. The standard InChI is InChI=1S/C13H17N3O/c1-11-14-7-9-16(11)10-8-15-12-5-3-4-6-13(12)17-2/h3-7,9,15H,8,10H2,1-2H3. The number of anilines is 1. The highest BCUT2D eigenvalue weighted by molar-refractivity contribution is 5.55. The van der Waals surface area contributed by atoms with Gasteiger partial charge in [0.1, 0.15) is 11.6 Å². The highest BCUT2D eigenvalue weighted by atomic mass is 16.5. The van der Waals surface area contributed by atoms with Gasteiger partial charge in [-0.1, -0.05) is 12.1 Å². The van der Waals surface area contributed by atoms with Crippen LogP contribution in [0.5, 0.6) is 5.75 Å². The molecule has 0 bridgehead atoms. The molecule has 0 saturated carbocycles. The summed E-state index contributed by atoms with van der Waals surface area (Å²) in [6.45, 7) is 3.74. The second-order valence-electron chi connectivity index (χ2n) is 3.79. The topological polar surface area (TPSA) is 39.1 Å². The van der Waals surface area contributed by atoms with Crippen molar-refractivity contribution in [3.05, 3.63) is 42.5 Å². The van der Waals surface area contributed by atoms with Gasteiger partial charge in [-0.3, -0.25) is 0 Å². The summed E-state index contributed by atoms with van der Waals surface area (Å²) in [6, 6.07) is 7.92. The first-order chi connectivity index (χ1) is 8.31. The first-order valence-corrected chi connectivity index (χ1v) is 5.66. The van der Waals surface area contributed by atoms with Crippen molar-refractivity contribution >= 4 is 5.69 Å². The predicted molar refractivity (Wildman–Crippen MR) is 68.4 cm³/mol. The van der Waals surface area contributed by atoms with Crippen molar-refractivity contribution in [3.8, 4) is 5.75 Å². The van der Waals surface area contributed by atoms with Gasteiger partial charge in [0.05, 0.1) is 12.8 Å². The summed E-state index contributed by atoms with van der Waals surface area (Å²) in [4.78, 5) is 4.19. The Balaban J connectivity index is 1.92. The summed E-state index contributed by atoms with van der Waals surface area (Å²) in [5.41, 5.74) is 1.02. The lowest BCUT2D eigenvalue weighted by Gasteiger charge is -2.11. The van der Waals surface area contributed by atoms with Crippen LogP contribution in [0.3, 0.4) is 0 Å². The van der Waals surface area contributed by atoms with Crippen LogP contribution in [0.4, 0.5) is 5.69 Å². The average molecular weight is 231 g/mol. The van der Waals surface area contributed by atoms with Crippen LogP contribution in [-0.2, 0) is 6.54 Å². The Morgan fingerprint density at radius 2 is 2.18 bits per heavy atom. The molecule has 2 aromatic rings. The van der Waals surface area contributed by atoms with Gasteiger partial charge < -0.3 is 14.6 Å². The fraction of sp³-hybridized carbons (Fsp3) is 0.308. The van der Waals surface area contributed by atoms with Crippen molar-refractivity contribution in [2.45, 2.75) is 13.5 Å². The minimum atomic E-state index is 0.845. The molecule has 0 unspecified atom stereocenters. The number of aryl methyl sites for hydroxylation is 1. The molecule has 4 nitrogen and oxygen atoms in total. The fourth-order valence-corrected chi connectivity index (χ4v) is 1.74. The number of nitrogens with one attached hydrogen (secondary N) is 1. The van der Waals surface area contributed by atoms with Crippen LogP contribution in [-0.4, -0.2) is 23.2 Å². The van der Waals surface area contributed by atoms with Crippen molar-refractivity contribution in [3.63, 3.8) is 0 Å². The number of benzene rings is 1. The lowest BCUT2D eigenvalue weighted by Crippen LogP contribution is -2.11. The van der Waals surface area contributed by atoms with Gasteiger partial charge in [0.25, 0.3) is 0 Å². The number of ether oxygens (including phenoxy) is 1. The second kappa shape index (κ2) is 5.39. The van der Waals surface area contributed by atoms with E-state index in [0.29, 0.717) is 0 Å². The van der Waals surface area contributed by atoms with E-state index in [9.17, 15) is 0 Å². The Bertz CT molecular complexity index is 479. The zero-order valence-electron chi connectivity index (χ0n) is 10.2. The highest BCUT2D eigenvalue weighted by Gasteiger charge is 2.00. The summed E-state index contributed by atoms with van der Waals surface area (Å²) in [7, 11) is 1.68. The molecule has 0 aliphatic heterocycles. The van der Waals surface area contributed by atoms with Gasteiger partial charge in [0.15, 0.2) is 0 Å². The quantitative estimate of drug-likeness (QED) is 0.858. The first kappa shape index (κ1) is 11.5. The van der Waals surface area contributed by atoms with Gasteiger partial charge in [-0.05, 0) is 19.1 Å². The van der Waals surface area contributed by atoms with Gasteiger partial charge in [0.2, 0.25) is 0 Å². The van der Waals surface area contributed by atoms with E-state index in [0.717, 1.165) is 30.4 Å². The van der Waals surface area contributed by atoms with Crippen LogP contribution < -0.4 is 10.1 Å². The third kappa shape index (κ3) is 2.78. The monoisotopic (exact) mass is 231 g/mol. The van der Waals surface area contributed by atoms with Crippen LogP contribution in [0.1, 0.15) is 5.82 Å². The Labute approximate surface area is 101 Å². The average Bonchev–Trinajstić information content (AvgIpc) is 2.76. The Kier molecular flexibility index (Phi) is 3.65. The largest absolute Gasteiger partial charge is 0.495 e. The van der Waals surface area contributed by atoms with Gasteiger partial charge in [-0.2, -0.15) is 0 Å². The fourth-order valence-electron chi connectivity index (χ4n) is 1.74. The zero-order valence-corrected chi connectivity index (χ0v) is 10.2. The summed E-state index contributed by atoms with van der Waals surface area (Å²) in [6.07, 6.45) is 3.80. The van der Waals surface area contributed by atoms with Crippen LogP contribution in [0.25, 0.3) is 0 Å². The van der Waals surface area contributed by atoms with Crippen LogP contribution in [0.2, 0.25) is 0 Å². The SMILES string of the molecule is COc1ccccc1NCCn1ccnc1C. The summed E-state index contributed by atoms with van der Waals surface area (Å²) >= 11 is 0. The van der Waals surface area contributed by atoms with E-state index in [1.54, 1.807) is 7.11 Å². The van der Waals surface area contributed by atoms with Crippen LogP contribution in [0, 0.1) is 6.92 Å². The van der Waals surface area contributed by atoms with Gasteiger partial charge in [-0.25, -0.2) is 4.98 Å². The Morgan fingerprint density at radius 1 is 1.35 bits per heavy atom. The van der Waals surface area contributed by atoms with E-state index in [4.69, 9.17) is 4.74 Å². The number of para-hydroxylation sites is 2. The highest BCUT2D eigenvalue weighted by Crippen LogP contribution is 2.22. The molecule has 1 aromatic carbocycles. The van der Waals surface area contributed by atoms with Gasteiger partial charge in [-0.15, -0.1) is 0 Å². The zero-order chi connectivity index (χ0) is 12.1. The number of methoxy groups -OCH3 is 1. The molecule has 0 atom stereocenters. The molecular formula is C13H17N3O. The number of rotatable bonds is 5. The molecule has 0 amide bonds. The van der Waals surface area contributed by atoms with Crippen molar-refractivity contribution in [1.29, 1.82) is 0 Å². The molecule has 1 aromatic heterocycles. The molecule has 0 aliphatic carbocycles. The third-order valence-corrected chi connectivity index (χ3v) is 2.70. The maximum Gasteiger partial charge on any atom is 0.141 e. The molecule has 17 heavy (non-hydrogen) atoms. The number of hydrogen-bond donors (Lipinski definition) is 1. The first-order valence-electron chi connectivity index (χ1n) is 5.66. The van der Waals surface area contributed by atoms with Gasteiger partial charge >= 0.3 is 0 Å². The Morgan fingerprint density at radius 3 is 2.88 bits per heavy atom. The van der Waals surface area contributed by atoms with E-state index in [-0.39, 0.29) is 0 Å². The molecular weight excluding hydrogens is 214 g/mol. The van der Waals surface area contributed by atoms with Crippen LogP contribution >= 0.6 is 0 Å². The minimum absolute atomic E-state index is 0.845. The molecule has 0 fully saturated rings. The molecule has 90 valence electrons. The van der Waals surface area contributed by atoms with E-state index < -0.39 is 0 Å². The van der Waals surface area contributed by atoms with Crippen molar-refractivity contribution in [2.75, 3.05) is 19.0 Å². The predicted octanol–water partition coefficient (Wildman–Crippen LogP) is 2.31. The molecule has 2 rings (SSSR count). The summed E-state index contributed by atoms with van der Waals surface area (Å²) < 4.78 is 7.39. The number of hydrogen-bond acceptors (Lipinski definition) is 3. The minimum Gasteiger partial charge on any atom is -0.495 e. The van der Waals surface area contributed by atoms with Crippen molar-refractivity contribution in [2.24, 2.45) is 0 Å². The van der Waals surface area contributed by atoms with E-state index in [1.807, 2.05) is 43.6 Å². The Hall–Kier alpha value is -1.97. The smallest absolute Gasteiger partial charge is 0.141 e. The maximum absolute atomic E-state index is 5.28. The number of nitrogens with zero attached hydrogens (tertiary/aromatic N) is 2. The van der Waals surface area contributed by atoms with E-state index in [1.165, 1.54) is 0 Å². The number of aromatic nitrogens is 2. The molecule has 4 heteroatoms. The summed E-state index contributed by atoms with van der Waals surface area (Å²) in [5, 5.41) is 3.36. The van der Waals surface area contributed by atoms with Gasteiger partial charge in [0, 0.05) is 25.5 Å². The molecule has 0 radical (unpaired) electrons. The summed E-state index contributed by atoms with van der Waals surface area (Å²) in [5.74, 6) is 1.90. The molecule has 0 saturated heterocycles. The lowest BCUT2D eigenvalue weighted by atomic mass is 10.3. The molecule has 1 N–H and O–H groups in total. The molecule has 0 aliphatic rings. The number of imidazole rings is 1.